The molecule has 1 aliphatic carbocycles. The first kappa shape index (κ1) is 12.5. The zero-order valence-corrected chi connectivity index (χ0v) is 9.75. The summed E-state index contributed by atoms with van der Waals surface area (Å²) in [6.45, 7) is 4.58. The number of carbonyl (C=O) groups excluding carboxylic acids is 1. The highest BCUT2D eigenvalue weighted by Crippen LogP contribution is 2.37. The number of methoxy groups -OCH3 is 1. The normalized spacial score (nSPS) is 28.3. The Morgan fingerprint density at radius 2 is 2.27 bits per heavy atom. The van der Waals surface area contributed by atoms with E-state index in [1.807, 2.05) is 0 Å². The van der Waals surface area contributed by atoms with Crippen molar-refractivity contribution in [1.82, 2.24) is 5.32 Å². The number of amides is 1. The van der Waals surface area contributed by atoms with Crippen LogP contribution in [0.2, 0.25) is 0 Å². The third-order valence-corrected chi connectivity index (χ3v) is 2.93. The number of hydrogen-bond acceptors (Lipinski definition) is 3. The van der Waals surface area contributed by atoms with Crippen LogP contribution in [0.15, 0.2) is 0 Å². The molecule has 0 saturated heterocycles. The molecular formula is C11H21NO3. The summed E-state index contributed by atoms with van der Waals surface area (Å²) in [6.07, 6.45) is 1.51. The van der Waals surface area contributed by atoms with Crippen molar-refractivity contribution < 1.29 is 14.6 Å². The minimum absolute atomic E-state index is 0.0696. The molecule has 1 rings (SSSR count). The molecule has 88 valence electrons. The maximum absolute atomic E-state index is 11.5. The Labute approximate surface area is 91.0 Å². The van der Waals surface area contributed by atoms with Crippen molar-refractivity contribution in [3.63, 3.8) is 0 Å². The van der Waals surface area contributed by atoms with Crippen LogP contribution in [-0.4, -0.2) is 36.9 Å². The summed E-state index contributed by atoms with van der Waals surface area (Å²) in [6, 6.07) is 0. The molecule has 4 heteroatoms. The lowest BCUT2D eigenvalue weighted by molar-refractivity contribution is -0.123. The van der Waals surface area contributed by atoms with Crippen LogP contribution in [0.25, 0.3) is 0 Å². The second kappa shape index (κ2) is 4.94. The summed E-state index contributed by atoms with van der Waals surface area (Å²) in [5.74, 6) is 0.748. The van der Waals surface area contributed by atoms with Crippen LogP contribution in [0.3, 0.4) is 0 Å². The highest BCUT2D eigenvalue weighted by Gasteiger charge is 2.39. The van der Waals surface area contributed by atoms with Crippen LogP contribution in [0.4, 0.5) is 0 Å². The van der Waals surface area contributed by atoms with E-state index >= 15 is 0 Å². The van der Waals surface area contributed by atoms with E-state index in [4.69, 9.17) is 4.74 Å². The predicted octanol–water partition coefficient (Wildman–Crippen LogP) is 0.546. The Morgan fingerprint density at radius 1 is 1.67 bits per heavy atom. The van der Waals surface area contributed by atoms with Crippen LogP contribution < -0.4 is 5.32 Å². The van der Waals surface area contributed by atoms with E-state index in [9.17, 15) is 9.90 Å². The molecule has 4 nitrogen and oxygen atoms in total. The van der Waals surface area contributed by atoms with E-state index in [0.717, 1.165) is 6.42 Å². The summed E-state index contributed by atoms with van der Waals surface area (Å²) in [5.41, 5.74) is -0.871. The van der Waals surface area contributed by atoms with Crippen LogP contribution >= 0.6 is 0 Å². The quantitative estimate of drug-likeness (QED) is 0.680. The molecule has 0 aliphatic heterocycles. The molecule has 0 spiro atoms. The van der Waals surface area contributed by atoms with Gasteiger partial charge in [-0.3, -0.25) is 4.79 Å². The van der Waals surface area contributed by atoms with Gasteiger partial charge in [-0.1, -0.05) is 6.92 Å². The lowest BCUT2D eigenvalue weighted by atomic mass is 10.0. The molecule has 0 heterocycles. The number of nitrogens with one attached hydrogen (secondary N) is 1. The van der Waals surface area contributed by atoms with Gasteiger partial charge in [-0.25, -0.2) is 0 Å². The highest BCUT2D eigenvalue weighted by atomic mass is 16.5. The number of hydrogen-bond donors (Lipinski definition) is 2. The monoisotopic (exact) mass is 215 g/mol. The molecule has 1 amide bonds. The summed E-state index contributed by atoms with van der Waals surface area (Å²) < 4.78 is 4.89. The average molecular weight is 215 g/mol. The van der Waals surface area contributed by atoms with Gasteiger partial charge in [0.1, 0.15) is 0 Å². The topological polar surface area (TPSA) is 58.6 Å². The predicted molar refractivity (Wildman–Crippen MR) is 57.4 cm³/mol. The molecule has 0 bridgehead atoms. The fraction of sp³-hybridized carbons (Fsp3) is 0.909. The van der Waals surface area contributed by atoms with Gasteiger partial charge in [-0.15, -0.1) is 0 Å². The molecule has 2 N–H and O–H groups in total. The Bertz CT molecular complexity index is 228. The lowest BCUT2D eigenvalue weighted by Crippen LogP contribution is -2.42. The third-order valence-electron chi connectivity index (χ3n) is 2.93. The van der Waals surface area contributed by atoms with Crippen molar-refractivity contribution in [1.29, 1.82) is 0 Å². The van der Waals surface area contributed by atoms with Gasteiger partial charge in [0, 0.05) is 32.6 Å². The van der Waals surface area contributed by atoms with E-state index in [2.05, 4.69) is 12.2 Å². The molecule has 1 fully saturated rings. The van der Waals surface area contributed by atoms with Crippen molar-refractivity contribution in [2.75, 3.05) is 20.3 Å². The van der Waals surface area contributed by atoms with Crippen molar-refractivity contribution in [3.05, 3.63) is 0 Å². The molecule has 0 radical (unpaired) electrons. The van der Waals surface area contributed by atoms with Crippen molar-refractivity contribution in [3.8, 4) is 0 Å². The van der Waals surface area contributed by atoms with E-state index < -0.39 is 5.60 Å². The third kappa shape index (κ3) is 4.18. The summed E-state index contributed by atoms with van der Waals surface area (Å²) >= 11 is 0. The van der Waals surface area contributed by atoms with Crippen molar-refractivity contribution in [2.45, 2.75) is 32.3 Å². The largest absolute Gasteiger partial charge is 0.388 e. The second-order valence-electron chi connectivity index (χ2n) is 4.78. The number of aliphatic hydroxyl groups is 1. The Balaban J connectivity index is 2.20. The summed E-state index contributed by atoms with van der Waals surface area (Å²) in [7, 11) is 1.60. The number of carbonyl (C=O) groups is 1. The second-order valence-corrected chi connectivity index (χ2v) is 4.78. The average Bonchev–Trinajstić information content (AvgIpc) is 2.89. The molecule has 3 unspecified atom stereocenters. The first-order valence-electron chi connectivity index (χ1n) is 5.45. The van der Waals surface area contributed by atoms with E-state index in [-0.39, 0.29) is 11.8 Å². The Kier molecular flexibility index (Phi) is 4.11. The van der Waals surface area contributed by atoms with Gasteiger partial charge in [0.05, 0.1) is 5.60 Å². The molecule has 0 aromatic rings. The maximum atomic E-state index is 11.5. The van der Waals surface area contributed by atoms with Gasteiger partial charge in [0.25, 0.3) is 0 Å². The van der Waals surface area contributed by atoms with Crippen LogP contribution in [-0.2, 0) is 9.53 Å². The number of rotatable bonds is 6. The molecule has 0 aromatic carbocycles. The molecule has 15 heavy (non-hydrogen) atoms. The zero-order valence-electron chi connectivity index (χ0n) is 9.75. The Morgan fingerprint density at radius 3 is 2.73 bits per heavy atom. The summed E-state index contributed by atoms with van der Waals surface area (Å²) in [4.78, 5) is 11.5. The van der Waals surface area contributed by atoms with Crippen LogP contribution in [0.1, 0.15) is 26.7 Å². The fourth-order valence-electron chi connectivity index (χ4n) is 1.51. The van der Waals surface area contributed by atoms with Gasteiger partial charge in [-0.2, -0.15) is 0 Å². The molecular weight excluding hydrogens is 194 g/mol. The van der Waals surface area contributed by atoms with Gasteiger partial charge < -0.3 is 15.2 Å². The van der Waals surface area contributed by atoms with Gasteiger partial charge in [0.15, 0.2) is 0 Å². The zero-order chi connectivity index (χ0) is 11.5. The van der Waals surface area contributed by atoms with Crippen LogP contribution in [0.5, 0.6) is 0 Å². The van der Waals surface area contributed by atoms with Crippen molar-refractivity contribution >= 4 is 5.91 Å². The van der Waals surface area contributed by atoms with E-state index in [1.54, 1.807) is 14.0 Å². The fourth-order valence-corrected chi connectivity index (χ4v) is 1.51. The van der Waals surface area contributed by atoms with E-state index in [0.29, 0.717) is 25.5 Å². The SMILES string of the molecule is COCCC(C)(O)CNC(=O)C1CC1C. The minimum atomic E-state index is -0.871. The smallest absolute Gasteiger partial charge is 0.223 e. The first-order chi connectivity index (χ1) is 6.96. The lowest BCUT2D eigenvalue weighted by Gasteiger charge is -2.23. The molecule has 3 atom stereocenters. The standard InChI is InChI=1S/C11H21NO3/c1-8-6-9(8)10(13)12-7-11(2,14)4-5-15-3/h8-9,14H,4-7H2,1-3H3,(H,12,13). The van der Waals surface area contributed by atoms with E-state index in [1.165, 1.54) is 0 Å². The van der Waals surface area contributed by atoms with Gasteiger partial charge in [0.2, 0.25) is 5.91 Å². The molecule has 1 aliphatic rings. The minimum Gasteiger partial charge on any atom is -0.388 e. The summed E-state index contributed by atoms with van der Waals surface area (Å²) in [5, 5.41) is 12.6. The molecule has 1 saturated carbocycles. The maximum Gasteiger partial charge on any atom is 0.223 e. The molecule has 0 aromatic heterocycles. The Hall–Kier alpha value is -0.610. The van der Waals surface area contributed by atoms with Gasteiger partial charge in [-0.05, 0) is 19.3 Å². The number of ether oxygens (including phenoxy) is 1. The van der Waals surface area contributed by atoms with Crippen molar-refractivity contribution in [2.24, 2.45) is 11.8 Å². The highest BCUT2D eigenvalue weighted by molar-refractivity contribution is 5.81. The van der Waals surface area contributed by atoms with Crippen LogP contribution in [0, 0.1) is 11.8 Å². The van der Waals surface area contributed by atoms with Gasteiger partial charge >= 0.3 is 0 Å². The first-order valence-corrected chi connectivity index (χ1v) is 5.45.